The largest absolute Gasteiger partial charge is 0.245 e. The average Bonchev–Trinajstić information content (AvgIpc) is 2.79. The second-order valence-electron chi connectivity index (χ2n) is 3.92. The zero-order valence-corrected chi connectivity index (χ0v) is 13.7. The van der Waals surface area contributed by atoms with Crippen LogP contribution in [0, 0.1) is 6.92 Å². The van der Waals surface area contributed by atoms with Gasteiger partial charge in [0.15, 0.2) is 0 Å². The van der Waals surface area contributed by atoms with E-state index in [-0.39, 0.29) is 0 Å². The molecule has 3 aromatic rings. The van der Waals surface area contributed by atoms with Gasteiger partial charge in [-0.15, -0.1) is 11.3 Å². The minimum atomic E-state index is 1.08. The highest BCUT2D eigenvalue weighted by molar-refractivity contribution is 9.10. The molecule has 3 rings (SSSR count). The van der Waals surface area contributed by atoms with Crippen LogP contribution in [-0.2, 0) is 0 Å². The molecule has 0 radical (unpaired) electrons. The smallest absolute Gasteiger partial charge is 0.124 e. The molecular weight excluding hydrogens is 318 g/mol. The monoisotopic (exact) mass is 333 g/mol. The van der Waals surface area contributed by atoms with Gasteiger partial charge in [-0.25, -0.2) is 4.98 Å². The van der Waals surface area contributed by atoms with Crippen LogP contribution in [0.1, 0.15) is 19.4 Å². The molecule has 0 aliphatic heterocycles. The zero-order valence-electron chi connectivity index (χ0n) is 11.3. The minimum absolute atomic E-state index is 1.08. The van der Waals surface area contributed by atoms with Crippen LogP contribution in [0.3, 0.4) is 0 Å². The van der Waals surface area contributed by atoms with Crippen LogP contribution in [0.15, 0.2) is 47.1 Å². The molecule has 3 heteroatoms. The predicted molar refractivity (Wildman–Crippen MR) is 88.8 cm³/mol. The molecule has 19 heavy (non-hydrogen) atoms. The van der Waals surface area contributed by atoms with Gasteiger partial charge in [0.2, 0.25) is 0 Å². The van der Waals surface area contributed by atoms with Crippen molar-refractivity contribution in [1.82, 2.24) is 4.98 Å². The lowest BCUT2D eigenvalue weighted by atomic mass is 10.1. The van der Waals surface area contributed by atoms with E-state index in [1.54, 1.807) is 11.3 Å². The molecule has 0 amide bonds. The van der Waals surface area contributed by atoms with E-state index in [4.69, 9.17) is 0 Å². The van der Waals surface area contributed by atoms with Crippen molar-refractivity contribution in [3.63, 3.8) is 0 Å². The molecule has 0 atom stereocenters. The van der Waals surface area contributed by atoms with Gasteiger partial charge in [-0.2, -0.15) is 0 Å². The summed E-state index contributed by atoms with van der Waals surface area (Å²) in [6.45, 7) is 6.14. The Morgan fingerprint density at radius 3 is 2.47 bits per heavy atom. The van der Waals surface area contributed by atoms with E-state index < -0.39 is 0 Å². The third kappa shape index (κ3) is 2.72. The Hall–Kier alpha value is -1.19. The SMILES string of the molecule is CC.Cc1ccccc1-c1sc2ncccc2c1Br. The molecule has 0 aliphatic rings. The van der Waals surface area contributed by atoms with Gasteiger partial charge < -0.3 is 0 Å². The highest BCUT2D eigenvalue weighted by Gasteiger charge is 2.13. The van der Waals surface area contributed by atoms with Crippen molar-refractivity contribution in [3.8, 4) is 10.4 Å². The number of rotatable bonds is 1. The van der Waals surface area contributed by atoms with Crippen molar-refractivity contribution in [2.45, 2.75) is 20.8 Å². The van der Waals surface area contributed by atoms with Gasteiger partial charge in [0, 0.05) is 16.1 Å². The van der Waals surface area contributed by atoms with E-state index in [2.05, 4.69) is 58.2 Å². The highest BCUT2D eigenvalue weighted by atomic mass is 79.9. The van der Waals surface area contributed by atoms with Gasteiger partial charge in [-0.05, 0) is 46.1 Å². The quantitative estimate of drug-likeness (QED) is 0.527. The number of halogens is 1. The molecule has 1 aromatic carbocycles. The number of aryl methyl sites for hydroxylation is 1. The summed E-state index contributed by atoms with van der Waals surface area (Å²) < 4.78 is 1.15. The fraction of sp³-hybridized carbons (Fsp3) is 0.188. The normalized spacial score (nSPS) is 10.1. The summed E-state index contributed by atoms with van der Waals surface area (Å²) in [6.07, 6.45) is 1.84. The van der Waals surface area contributed by atoms with Crippen molar-refractivity contribution in [2.75, 3.05) is 0 Å². The Balaban J connectivity index is 0.000000637. The van der Waals surface area contributed by atoms with Crippen LogP contribution < -0.4 is 0 Å². The lowest BCUT2D eigenvalue weighted by Crippen LogP contribution is -1.78. The van der Waals surface area contributed by atoms with Crippen molar-refractivity contribution < 1.29 is 0 Å². The minimum Gasteiger partial charge on any atom is -0.245 e. The van der Waals surface area contributed by atoms with Gasteiger partial charge in [-0.3, -0.25) is 0 Å². The maximum absolute atomic E-state index is 4.41. The molecule has 1 nitrogen and oxygen atoms in total. The van der Waals surface area contributed by atoms with Gasteiger partial charge in [0.05, 0.1) is 4.88 Å². The summed E-state index contributed by atoms with van der Waals surface area (Å²) in [4.78, 5) is 6.75. The summed E-state index contributed by atoms with van der Waals surface area (Å²) >= 11 is 5.43. The summed E-state index contributed by atoms with van der Waals surface area (Å²) in [7, 11) is 0. The lowest BCUT2D eigenvalue weighted by molar-refractivity contribution is 1.44. The first-order valence-electron chi connectivity index (χ1n) is 6.36. The van der Waals surface area contributed by atoms with E-state index in [9.17, 15) is 0 Å². The fourth-order valence-electron chi connectivity index (χ4n) is 1.90. The number of fused-ring (bicyclic) bond motifs is 1. The number of pyridine rings is 1. The summed E-state index contributed by atoms with van der Waals surface area (Å²) in [5.41, 5.74) is 2.57. The molecule has 0 N–H and O–H groups in total. The Bertz CT molecular complexity index is 688. The predicted octanol–water partition coefficient (Wildman–Crippen LogP) is 6.06. The topological polar surface area (TPSA) is 12.9 Å². The van der Waals surface area contributed by atoms with E-state index in [1.165, 1.54) is 21.4 Å². The van der Waals surface area contributed by atoms with Crippen molar-refractivity contribution >= 4 is 37.5 Å². The maximum atomic E-state index is 4.41. The van der Waals surface area contributed by atoms with Crippen molar-refractivity contribution in [3.05, 3.63) is 52.6 Å². The van der Waals surface area contributed by atoms with Crippen LogP contribution in [0.25, 0.3) is 20.7 Å². The molecule has 0 unspecified atom stereocenters. The van der Waals surface area contributed by atoms with Crippen LogP contribution in [0.4, 0.5) is 0 Å². The number of thiophene rings is 1. The van der Waals surface area contributed by atoms with Crippen molar-refractivity contribution in [1.29, 1.82) is 0 Å². The summed E-state index contributed by atoms with van der Waals surface area (Å²) in [5, 5.41) is 1.19. The van der Waals surface area contributed by atoms with Crippen LogP contribution in [0.5, 0.6) is 0 Å². The van der Waals surface area contributed by atoms with E-state index in [1.807, 2.05) is 26.1 Å². The standard InChI is InChI=1S/C14H10BrNS.C2H6/c1-9-5-2-3-6-10(9)13-12(15)11-7-4-8-16-14(11)17-13;1-2/h2-8H,1H3;1-2H3. The van der Waals surface area contributed by atoms with Gasteiger partial charge >= 0.3 is 0 Å². The zero-order chi connectivity index (χ0) is 13.8. The van der Waals surface area contributed by atoms with Gasteiger partial charge in [0.1, 0.15) is 4.83 Å². The van der Waals surface area contributed by atoms with Gasteiger partial charge in [-0.1, -0.05) is 38.1 Å². The molecule has 98 valence electrons. The number of hydrogen-bond acceptors (Lipinski definition) is 2. The molecule has 0 saturated heterocycles. The third-order valence-electron chi connectivity index (χ3n) is 2.80. The second-order valence-corrected chi connectivity index (χ2v) is 5.71. The molecule has 0 saturated carbocycles. The van der Waals surface area contributed by atoms with Crippen LogP contribution in [-0.4, -0.2) is 4.98 Å². The number of benzene rings is 1. The second kappa shape index (κ2) is 6.31. The molecule has 0 fully saturated rings. The van der Waals surface area contributed by atoms with E-state index in [0.29, 0.717) is 0 Å². The molecule has 0 bridgehead atoms. The third-order valence-corrected chi connectivity index (χ3v) is 5.03. The number of nitrogens with zero attached hydrogens (tertiary/aromatic N) is 1. The molecular formula is C16H16BrNS. The van der Waals surface area contributed by atoms with Gasteiger partial charge in [0.25, 0.3) is 0 Å². The first-order chi connectivity index (χ1) is 9.27. The van der Waals surface area contributed by atoms with E-state index in [0.717, 1.165) is 9.30 Å². The Labute approximate surface area is 126 Å². The molecule has 2 aromatic heterocycles. The Morgan fingerprint density at radius 1 is 1.05 bits per heavy atom. The maximum Gasteiger partial charge on any atom is 0.124 e. The molecule has 0 spiro atoms. The van der Waals surface area contributed by atoms with Crippen LogP contribution in [0.2, 0.25) is 0 Å². The highest BCUT2D eigenvalue weighted by Crippen LogP contribution is 2.42. The van der Waals surface area contributed by atoms with Crippen molar-refractivity contribution in [2.24, 2.45) is 0 Å². The first kappa shape index (κ1) is 14.2. The lowest BCUT2D eigenvalue weighted by Gasteiger charge is -2.02. The molecule has 2 heterocycles. The molecule has 0 aliphatic carbocycles. The summed E-state index contributed by atoms with van der Waals surface area (Å²) in [6, 6.07) is 12.5. The average molecular weight is 334 g/mol. The van der Waals surface area contributed by atoms with E-state index >= 15 is 0 Å². The number of aromatic nitrogens is 1. The fourth-order valence-corrected chi connectivity index (χ4v) is 3.94. The Morgan fingerprint density at radius 2 is 1.79 bits per heavy atom. The number of hydrogen-bond donors (Lipinski definition) is 0. The first-order valence-corrected chi connectivity index (χ1v) is 7.97. The van der Waals surface area contributed by atoms with Crippen LogP contribution >= 0.6 is 27.3 Å². The Kier molecular flexibility index (Phi) is 4.72. The summed E-state index contributed by atoms with van der Waals surface area (Å²) in [5.74, 6) is 0.